The van der Waals surface area contributed by atoms with Crippen LogP contribution in [0.2, 0.25) is 0 Å². The van der Waals surface area contributed by atoms with Crippen molar-refractivity contribution < 1.29 is 14.6 Å². The number of carbonyl (C=O) groups is 1. The number of hydrogen-bond acceptors (Lipinski definition) is 3. The van der Waals surface area contributed by atoms with Gasteiger partial charge in [0.15, 0.2) is 0 Å². The van der Waals surface area contributed by atoms with Gasteiger partial charge in [-0.3, -0.25) is 0 Å². The molecule has 3 unspecified atom stereocenters. The Labute approximate surface area is 124 Å². The van der Waals surface area contributed by atoms with E-state index in [-0.39, 0.29) is 18.1 Å². The van der Waals surface area contributed by atoms with E-state index >= 15 is 0 Å². The maximum absolute atomic E-state index is 12.2. The van der Waals surface area contributed by atoms with Crippen LogP contribution in [0.15, 0.2) is 24.3 Å². The fourth-order valence-electron chi connectivity index (χ4n) is 3.07. The molecular weight excluding hydrogens is 268 g/mol. The number of amides is 2. The summed E-state index contributed by atoms with van der Waals surface area (Å²) in [5.74, 6) is 0.525. The Hall–Kier alpha value is -1.59. The monoisotopic (exact) mass is 290 g/mol. The standard InChI is InChI=1S/C16H22N2O3/c1-21-9-13(10-6-7-10)17-16(20)18-15-12-5-3-2-4-11(12)8-14(15)19/h2-5,10,13-15,19H,6-9H2,1H3,(H2,17,18,20). The summed E-state index contributed by atoms with van der Waals surface area (Å²) < 4.78 is 5.16. The molecule has 0 saturated heterocycles. The minimum atomic E-state index is -0.560. The highest BCUT2D eigenvalue weighted by Crippen LogP contribution is 2.33. The summed E-state index contributed by atoms with van der Waals surface area (Å²) in [4.78, 5) is 12.2. The van der Waals surface area contributed by atoms with Crippen LogP contribution in [0.3, 0.4) is 0 Å². The first-order valence-electron chi connectivity index (χ1n) is 7.51. The summed E-state index contributed by atoms with van der Waals surface area (Å²) in [7, 11) is 1.64. The van der Waals surface area contributed by atoms with Crippen LogP contribution < -0.4 is 10.6 Å². The third kappa shape index (κ3) is 3.19. The molecule has 1 aromatic rings. The summed E-state index contributed by atoms with van der Waals surface area (Å²) in [5.41, 5.74) is 2.11. The van der Waals surface area contributed by atoms with Gasteiger partial charge in [0.1, 0.15) is 0 Å². The average Bonchev–Trinajstić information content (AvgIpc) is 3.25. The maximum Gasteiger partial charge on any atom is 0.315 e. The van der Waals surface area contributed by atoms with Gasteiger partial charge in [-0.2, -0.15) is 0 Å². The van der Waals surface area contributed by atoms with E-state index in [1.165, 1.54) is 0 Å². The molecule has 3 N–H and O–H groups in total. The molecule has 0 aliphatic heterocycles. The second-order valence-electron chi connectivity index (χ2n) is 5.97. The van der Waals surface area contributed by atoms with Gasteiger partial charge in [0, 0.05) is 13.5 Å². The fourth-order valence-corrected chi connectivity index (χ4v) is 3.07. The third-order valence-electron chi connectivity index (χ3n) is 4.34. The quantitative estimate of drug-likeness (QED) is 0.767. The number of carbonyl (C=O) groups excluding carboxylic acids is 1. The molecule has 0 aromatic heterocycles. The van der Waals surface area contributed by atoms with Gasteiger partial charge in [-0.25, -0.2) is 4.79 Å². The van der Waals surface area contributed by atoms with Crippen LogP contribution in [0.1, 0.15) is 30.0 Å². The van der Waals surface area contributed by atoms with Crippen LogP contribution in [0, 0.1) is 5.92 Å². The minimum absolute atomic E-state index is 0.0591. The van der Waals surface area contributed by atoms with Gasteiger partial charge in [0.05, 0.1) is 24.8 Å². The average molecular weight is 290 g/mol. The SMILES string of the molecule is COCC(NC(=O)NC1c2ccccc2CC1O)C1CC1. The van der Waals surface area contributed by atoms with Gasteiger partial charge in [-0.05, 0) is 29.9 Å². The largest absolute Gasteiger partial charge is 0.390 e. The van der Waals surface area contributed by atoms with E-state index in [4.69, 9.17) is 4.74 Å². The number of ether oxygens (including phenoxy) is 1. The van der Waals surface area contributed by atoms with Crippen LogP contribution in [-0.2, 0) is 11.2 Å². The molecule has 0 spiro atoms. The normalized spacial score (nSPS) is 25.2. The zero-order valence-corrected chi connectivity index (χ0v) is 12.2. The van der Waals surface area contributed by atoms with Crippen LogP contribution in [0.4, 0.5) is 4.79 Å². The number of aliphatic hydroxyl groups excluding tert-OH is 1. The molecule has 1 saturated carbocycles. The molecule has 21 heavy (non-hydrogen) atoms. The molecule has 0 radical (unpaired) electrons. The lowest BCUT2D eigenvalue weighted by Gasteiger charge is -2.22. The van der Waals surface area contributed by atoms with Crippen LogP contribution in [0.5, 0.6) is 0 Å². The van der Waals surface area contributed by atoms with Gasteiger partial charge in [-0.1, -0.05) is 24.3 Å². The lowest BCUT2D eigenvalue weighted by atomic mass is 10.1. The Morgan fingerprint density at radius 2 is 2.19 bits per heavy atom. The predicted molar refractivity (Wildman–Crippen MR) is 78.9 cm³/mol. The zero-order chi connectivity index (χ0) is 14.8. The number of methoxy groups -OCH3 is 1. The van der Waals surface area contributed by atoms with E-state index in [2.05, 4.69) is 10.6 Å². The van der Waals surface area contributed by atoms with Crippen molar-refractivity contribution in [1.82, 2.24) is 10.6 Å². The van der Waals surface area contributed by atoms with Crippen LogP contribution in [-0.4, -0.2) is 37.0 Å². The van der Waals surface area contributed by atoms with Gasteiger partial charge in [-0.15, -0.1) is 0 Å². The highest BCUT2D eigenvalue weighted by molar-refractivity contribution is 5.75. The molecule has 3 rings (SSSR count). The predicted octanol–water partition coefficient (Wildman–Crippen LogP) is 1.37. The summed E-state index contributed by atoms with van der Waals surface area (Å²) in [5, 5.41) is 16.0. The van der Waals surface area contributed by atoms with Gasteiger partial charge in [0.2, 0.25) is 0 Å². The Kier molecular flexibility index (Phi) is 4.12. The Balaban J connectivity index is 1.62. The molecule has 2 aliphatic carbocycles. The summed E-state index contributed by atoms with van der Waals surface area (Å²) in [6.45, 7) is 0.530. The first-order chi connectivity index (χ1) is 10.2. The topological polar surface area (TPSA) is 70.6 Å². The molecule has 5 nitrogen and oxygen atoms in total. The van der Waals surface area contributed by atoms with Gasteiger partial charge >= 0.3 is 6.03 Å². The van der Waals surface area contributed by atoms with E-state index in [0.29, 0.717) is 18.9 Å². The summed E-state index contributed by atoms with van der Waals surface area (Å²) >= 11 is 0. The smallest absolute Gasteiger partial charge is 0.315 e. The first-order valence-corrected chi connectivity index (χ1v) is 7.51. The Morgan fingerprint density at radius 3 is 2.90 bits per heavy atom. The second kappa shape index (κ2) is 6.03. The van der Waals surface area contributed by atoms with Crippen molar-refractivity contribution in [3.05, 3.63) is 35.4 Å². The first kappa shape index (κ1) is 14.4. The van der Waals surface area contributed by atoms with Crippen molar-refractivity contribution in [2.45, 2.75) is 37.5 Å². The van der Waals surface area contributed by atoms with Crippen molar-refractivity contribution in [2.75, 3.05) is 13.7 Å². The zero-order valence-electron chi connectivity index (χ0n) is 12.2. The minimum Gasteiger partial charge on any atom is -0.390 e. The van der Waals surface area contributed by atoms with E-state index in [9.17, 15) is 9.90 Å². The van der Waals surface area contributed by atoms with Crippen molar-refractivity contribution in [2.24, 2.45) is 5.92 Å². The van der Waals surface area contributed by atoms with E-state index < -0.39 is 6.10 Å². The van der Waals surface area contributed by atoms with Crippen molar-refractivity contribution in [1.29, 1.82) is 0 Å². The Bertz CT molecular complexity index is 516. The van der Waals surface area contributed by atoms with Gasteiger partial charge in [0.25, 0.3) is 0 Å². The molecule has 5 heteroatoms. The third-order valence-corrected chi connectivity index (χ3v) is 4.34. The molecule has 0 bridgehead atoms. The molecule has 1 fully saturated rings. The number of benzene rings is 1. The molecule has 1 aromatic carbocycles. The second-order valence-corrected chi connectivity index (χ2v) is 5.97. The number of urea groups is 1. The lowest BCUT2D eigenvalue weighted by Crippen LogP contribution is -2.47. The van der Waals surface area contributed by atoms with Gasteiger partial charge < -0.3 is 20.5 Å². The molecule has 114 valence electrons. The summed E-state index contributed by atoms with van der Waals surface area (Å²) in [6.07, 6.45) is 2.31. The molecule has 2 amide bonds. The number of hydrogen-bond donors (Lipinski definition) is 3. The van der Waals surface area contributed by atoms with Crippen molar-refractivity contribution in [3.63, 3.8) is 0 Å². The molecule has 0 heterocycles. The maximum atomic E-state index is 12.2. The number of rotatable bonds is 5. The van der Waals surface area contributed by atoms with Crippen molar-refractivity contribution in [3.8, 4) is 0 Å². The molecular formula is C16H22N2O3. The van der Waals surface area contributed by atoms with E-state index in [0.717, 1.165) is 24.0 Å². The van der Waals surface area contributed by atoms with E-state index in [1.54, 1.807) is 7.11 Å². The summed E-state index contributed by atoms with van der Waals surface area (Å²) in [6, 6.07) is 7.34. The van der Waals surface area contributed by atoms with Crippen LogP contribution in [0.25, 0.3) is 0 Å². The number of aliphatic hydroxyl groups is 1. The Morgan fingerprint density at radius 1 is 1.43 bits per heavy atom. The lowest BCUT2D eigenvalue weighted by molar-refractivity contribution is 0.136. The molecule has 2 aliphatic rings. The highest BCUT2D eigenvalue weighted by Gasteiger charge is 2.35. The number of nitrogens with one attached hydrogen (secondary N) is 2. The molecule has 3 atom stereocenters. The fraction of sp³-hybridized carbons (Fsp3) is 0.562. The highest BCUT2D eigenvalue weighted by atomic mass is 16.5. The van der Waals surface area contributed by atoms with E-state index in [1.807, 2.05) is 24.3 Å². The van der Waals surface area contributed by atoms with Crippen molar-refractivity contribution >= 4 is 6.03 Å². The van der Waals surface area contributed by atoms with Crippen LogP contribution >= 0.6 is 0 Å². The number of fused-ring (bicyclic) bond motifs is 1.